The Balaban J connectivity index is 0.00000111. The van der Waals surface area contributed by atoms with Crippen molar-refractivity contribution >= 4 is 18.4 Å². The molecule has 4 unspecified atom stereocenters. The number of rotatable bonds is 32. The summed E-state index contributed by atoms with van der Waals surface area (Å²) >= 11 is 0. The molecule has 9 heteroatoms. The summed E-state index contributed by atoms with van der Waals surface area (Å²) in [6, 6.07) is 0. The van der Waals surface area contributed by atoms with Crippen molar-refractivity contribution in [3.8, 4) is 0 Å². The molecule has 0 aliphatic heterocycles. The van der Waals surface area contributed by atoms with Crippen molar-refractivity contribution in [1.29, 1.82) is 0 Å². The van der Waals surface area contributed by atoms with Crippen LogP contribution in [-0.4, -0.2) is 75.1 Å². The number of hydrogen-bond acceptors (Lipinski definition) is 7. The van der Waals surface area contributed by atoms with Gasteiger partial charge < -0.3 is 19.1 Å². The van der Waals surface area contributed by atoms with Gasteiger partial charge in [0.15, 0.2) is 12.3 Å². The van der Waals surface area contributed by atoms with Crippen LogP contribution >= 0.6 is 0 Å². The van der Waals surface area contributed by atoms with Gasteiger partial charge in [-0.3, -0.25) is 4.79 Å². The molecule has 0 heterocycles. The maximum absolute atomic E-state index is 15.7. The fourth-order valence-electron chi connectivity index (χ4n) is 11.2. The van der Waals surface area contributed by atoms with Gasteiger partial charge in [0.2, 0.25) is 0 Å². The number of nitrogens with zero attached hydrogens (tertiary/aromatic N) is 1. The Labute approximate surface area is 348 Å². The Bertz CT molecular complexity index is 1020. The van der Waals surface area contributed by atoms with Crippen LogP contribution in [0.15, 0.2) is 0 Å². The van der Waals surface area contributed by atoms with Crippen LogP contribution in [-0.2, 0) is 28.6 Å². The molecule has 0 N–H and O–H groups in total. The number of hydrogen-bond donors (Lipinski definition) is 0. The van der Waals surface area contributed by atoms with E-state index in [-0.39, 0.29) is 43.0 Å². The average Bonchev–Trinajstić information content (AvgIpc) is 3.20. The van der Waals surface area contributed by atoms with Crippen LogP contribution in [0.25, 0.3) is 0 Å². The molecule has 0 amide bonds. The van der Waals surface area contributed by atoms with Gasteiger partial charge in [-0.05, 0) is 96.2 Å². The van der Waals surface area contributed by atoms with E-state index in [0.29, 0.717) is 51.4 Å². The van der Waals surface area contributed by atoms with Crippen LogP contribution in [0.2, 0.25) is 0 Å². The first-order valence-electron chi connectivity index (χ1n) is 23.8. The van der Waals surface area contributed by atoms with Crippen LogP contribution < -0.4 is 0 Å². The standard InChI is InChI=1S/C40H68F2O6.C8H19N/c1-5-9-13-17-32(18-14-10-6-2)34(41)36(44)47-28-39-22-31-21-38(24-39,27-46-30-43)25-40(23-31,26-39)29-48-37(45)35(42)33(19-15-11-7-3)20-16-12-8-4;1-4-7-8-9(5-2)6-3/h30-35H,5-29H2,1-4H3;4-8H2,1-3H3. The first kappa shape index (κ1) is 51.4. The normalized spacial score (nSPS) is 24.7. The Morgan fingerprint density at radius 1 is 0.579 bits per heavy atom. The van der Waals surface area contributed by atoms with Gasteiger partial charge >= 0.3 is 11.9 Å². The summed E-state index contributed by atoms with van der Waals surface area (Å²) in [6.45, 7) is 19.8. The molecule has 0 aromatic heterocycles. The summed E-state index contributed by atoms with van der Waals surface area (Å²) in [7, 11) is 0. The van der Waals surface area contributed by atoms with E-state index in [4.69, 9.17) is 14.2 Å². The smallest absolute Gasteiger partial charge is 0.341 e. The van der Waals surface area contributed by atoms with E-state index in [1.54, 1.807) is 0 Å². The maximum atomic E-state index is 15.7. The molecule has 334 valence electrons. The lowest BCUT2D eigenvalue weighted by atomic mass is 9.40. The molecule has 4 aliphatic carbocycles. The summed E-state index contributed by atoms with van der Waals surface area (Å²) in [4.78, 5) is 40.2. The molecule has 0 aromatic rings. The predicted molar refractivity (Wildman–Crippen MR) is 228 cm³/mol. The molecule has 4 bridgehead atoms. The summed E-state index contributed by atoms with van der Waals surface area (Å²) in [5.41, 5.74) is -1.15. The highest BCUT2D eigenvalue weighted by Gasteiger charge is 2.64. The van der Waals surface area contributed by atoms with Gasteiger partial charge in [-0.2, -0.15) is 0 Å². The first-order valence-corrected chi connectivity index (χ1v) is 23.8. The molecule has 0 aromatic carbocycles. The summed E-state index contributed by atoms with van der Waals surface area (Å²) in [6.07, 6.45) is 18.7. The third kappa shape index (κ3) is 17.4. The SMILES string of the molecule is CCCCCC(CCCCC)C(F)C(=O)OCC12CC3CC(COC=O)(C1)CC(COC(=O)C(F)C(CCCCC)CCCCC)(C3)C2.CCCCN(CC)CC. The van der Waals surface area contributed by atoms with Crippen molar-refractivity contribution in [1.82, 2.24) is 4.90 Å². The molecule has 4 atom stereocenters. The predicted octanol–water partition coefficient (Wildman–Crippen LogP) is 12.6. The lowest BCUT2D eigenvalue weighted by Crippen LogP contribution is -2.61. The van der Waals surface area contributed by atoms with Gasteiger partial charge in [0.1, 0.15) is 0 Å². The number of alkyl halides is 2. The summed E-state index contributed by atoms with van der Waals surface area (Å²) < 4.78 is 48.5. The van der Waals surface area contributed by atoms with E-state index in [1.165, 1.54) is 32.5 Å². The Morgan fingerprint density at radius 2 is 0.930 bits per heavy atom. The minimum atomic E-state index is -1.64. The zero-order valence-electron chi connectivity index (χ0n) is 37.8. The fourth-order valence-corrected chi connectivity index (χ4v) is 11.2. The second kappa shape index (κ2) is 27.9. The quantitative estimate of drug-likeness (QED) is 0.0290. The van der Waals surface area contributed by atoms with Crippen molar-refractivity contribution in [3.05, 3.63) is 0 Å². The van der Waals surface area contributed by atoms with E-state index in [0.717, 1.165) is 96.3 Å². The van der Waals surface area contributed by atoms with Gasteiger partial charge in [0.05, 0.1) is 19.8 Å². The average molecular weight is 812 g/mol. The third-order valence-corrected chi connectivity index (χ3v) is 13.6. The van der Waals surface area contributed by atoms with Crippen LogP contribution in [0.4, 0.5) is 8.78 Å². The van der Waals surface area contributed by atoms with Gasteiger partial charge in [-0.15, -0.1) is 0 Å². The van der Waals surface area contributed by atoms with Crippen molar-refractivity contribution in [2.45, 2.75) is 215 Å². The van der Waals surface area contributed by atoms with E-state index in [1.807, 2.05) is 0 Å². The third-order valence-electron chi connectivity index (χ3n) is 13.6. The molecular weight excluding hydrogens is 725 g/mol. The molecule has 4 rings (SSSR count). The van der Waals surface area contributed by atoms with Gasteiger partial charge in [0, 0.05) is 28.1 Å². The summed E-state index contributed by atoms with van der Waals surface area (Å²) in [5.74, 6) is -1.90. The van der Waals surface area contributed by atoms with Crippen molar-refractivity contribution in [3.63, 3.8) is 0 Å². The van der Waals surface area contributed by atoms with E-state index >= 15 is 8.78 Å². The Kier molecular flexibility index (Phi) is 25.1. The molecular formula is C48H87F2NO6. The molecule has 0 spiro atoms. The molecule has 0 saturated heterocycles. The highest BCUT2D eigenvalue weighted by Crippen LogP contribution is 2.70. The van der Waals surface area contributed by atoms with E-state index in [2.05, 4.69) is 53.4 Å². The van der Waals surface area contributed by atoms with Crippen LogP contribution in [0.3, 0.4) is 0 Å². The zero-order chi connectivity index (χ0) is 42.2. The molecule has 4 fully saturated rings. The van der Waals surface area contributed by atoms with Gasteiger partial charge in [0.25, 0.3) is 6.47 Å². The van der Waals surface area contributed by atoms with Gasteiger partial charge in [-0.1, -0.05) is 132 Å². The number of carbonyl (C=O) groups excluding carboxylic acids is 3. The second-order valence-electron chi connectivity index (χ2n) is 18.8. The largest absolute Gasteiger partial charge is 0.467 e. The van der Waals surface area contributed by atoms with Crippen LogP contribution in [0.5, 0.6) is 0 Å². The Hall–Kier alpha value is -1.77. The maximum Gasteiger partial charge on any atom is 0.341 e. The minimum absolute atomic E-state index is 0.112. The zero-order valence-corrected chi connectivity index (χ0v) is 37.8. The highest BCUT2D eigenvalue weighted by atomic mass is 19.1. The molecule has 0 radical (unpaired) electrons. The van der Waals surface area contributed by atoms with Crippen LogP contribution in [0.1, 0.15) is 203 Å². The van der Waals surface area contributed by atoms with Crippen molar-refractivity contribution in [2.75, 3.05) is 39.5 Å². The molecule has 4 aliphatic rings. The number of ether oxygens (including phenoxy) is 3. The highest BCUT2D eigenvalue weighted by molar-refractivity contribution is 5.75. The molecule has 4 saturated carbocycles. The minimum Gasteiger partial charge on any atom is -0.467 e. The fraction of sp³-hybridized carbons (Fsp3) is 0.938. The van der Waals surface area contributed by atoms with Crippen LogP contribution in [0, 0.1) is 34.0 Å². The van der Waals surface area contributed by atoms with E-state index in [9.17, 15) is 14.4 Å². The lowest BCUT2D eigenvalue weighted by Gasteiger charge is -2.65. The van der Waals surface area contributed by atoms with Crippen molar-refractivity contribution < 1.29 is 37.4 Å². The second-order valence-corrected chi connectivity index (χ2v) is 18.8. The lowest BCUT2D eigenvalue weighted by molar-refractivity contribution is -0.213. The van der Waals surface area contributed by atoms with Crippen molar-refractivity contribution in [2.24, 2.45) is 34.0 Å². The molecule has 57 heavy (non-hydrogen) atoms. The number of esters is 2. The molecule has 7 nitrogen and oxygen atoms in total. The summed E-state index contributed by atoms with van der Waals surface area (Å²) in [5, 5.41) is 0. The first-order chi connectivity index (χ1) is 27.4. The monoisotopic (exact) mass is 812 g/mol. The van der Waals surface area contributed by atoms with E-state index < -0.39 is 35.1 Å². The topological polar surface area (TPSA) is 82.1 Å². The number of carbonyl (C=O) groups is 3. The number of halogens is 2. The number of unbranched alkanes of at least 4 members (excludes halogenated alkanes) is 9. The van der Waals surface area contributed by atoms with Gasteiger partial charge in [-0.25, -0.2) is 18.4 Å². The Morgan fingerprint density at radius 3 is 1.25 bits per heavy atom.